The minimum Gasteiger partial charge on any atom is -0.421 e. The van der Waals surface area contributed by atoms with E-state index in [0.29, 0.717) is 24.1 Å². The Hall–Kier alpha value is -2.50. The molecule has 0 aliphatic heterocycles. The second kappa shape index (κ2) is 6.83. The van der Waals surface area contributed by atoms with Crippen LogP contribution in [0.3, 0.4) is 0 Å². The number of hydrazone groups is 1. The van der Waals surface area contributed by atoms with Gasteiger partial charge in [-0.15, -0.1) is 10.2 Å². The van der Waals surface area contributed by atoms with E-state index >= 15 is 0 Å². The van der Waals surface area contributed by atoms with Gasteiger partial charge in [-0.05, 0) is 49.7 Å². The van der Waals surface area contributed by atoms with Crippen molar-refractivity contribution in [1.29, 1.82) is 0 Å². The highest BCUT2D eigenvalue weighted by Gasteiger charge is 2.59. The highest BCUT2D eigenvalue weighted by atomic mass is 16.4. The van der Waals surface area contributed by atoms with Gasteiger partial charge < -0.3 is 4.42 Å². The Morgan fingerprint density at radius 2 is 2.00 bits per heavy atom. The van der Waals surface area contributed by atoms with Crippen LogP contribution < -0.4 is 5.43 Å². The summed E-state index contributed by atoms with van der Waals surface area (Å²) in [6, 6.07) is 7.91. The number of benzene rings is 1. The predicted octanol–water partition coefficient (Wildman–Crippen LogP) is 4.30. The Labute approximate surface area is 165 Å². The summed E-state index contributed by atoms with van der Waals surface area (Å²) in [5.41, 5.74) is 6.30. The predicted molar refractivity (Wildman–Crippen MR) is 108 cm³/mol. The lowest BCUT2D eigenvalue weighted by Gasteiger charge is -2.34. The first kappa shape index (κ1) is 18.8. The van der Waals surface area contributed by atoms with Gasteiger partial charge >= 0.3 is 0 Å². The number of nitrogens with one attached hydrogen (secondary N) is 1. The Morgan fingerprint density at radius 1 is 1.25 bits per heavy atom. The molecule has 1 amide bonds. The van der Waals surface area contributed by atoms with Crippen LogP contribution in [0.15, 0.2) is 33.8 Å². The summed E-state index contributed by atoms with van der Waals surface area (Å²) in [6.07, 6.45) is 4.09. The highest BCUT2D eigenvalue weighted by Crippen LogP contribution is 2.63. The van der Waals surface area contributed by atoms with Crippen molar-refractivity contribution in [1.82, 2.24) is 15.6 Å². The first-order valence-corrected chi connectivity index (χ1v) is 10.0. The third kappa shape index (κ3) is 3.15. The third-order valence-electron chi connectivity index (χ3n) is 7.16. The maximum Gasteiger partial charge on any atom is 0.247 e. The van der Waals surface area contributed by atoms with E-state index in [4.69, 9.17) is 4.42 Å². The number of hydrogen-bond donors (Lipinski definition) is 1. The van der Waals surface area contributed by atoms with Gasteiger partial charge in [0.15, 0.2) is 0 Å². The Morgan fingerprint density at radius 3 is 2.64 bits per heavy atom. The van der Waals surface area contributed by atoms with Crippen molar-refractivity contribution in [3.63, 3.8) is 0 Å². The monoisotopic (exact) mass is 380 g/mol. The van der Waals surface area contributed by atoms with Gasteiger partial charge in [-0.25, -0.2) is 5.43 Å². The van der Waals surface area contributed by atoms with E-state index in [0.717, 1.165) is 24.1 Å². The van der Waals surface area contributed by atoms with Crippen molar-refractivity contribution in [3.8, 4) is 11.5 Å². The van der Waals surface area contributed by atoms with Gasteiger partial charge in [0, 0.05) is 29.5 Å². The minimum atomic E-state index is -0.119. The van der Waals surface area contributed by atoms with Crippen molar-refractivity contribution in [3.05, 3.63) is 35.7 Å². The van der Waals surface area contributed by atoms with Crippen LogP contribution in [0.1, 0.15) is 57.9 Å². The van der Waals surface area contributed by atoms with E-state index in [1.807, 2.05) is 31.2 Å². The fourth-order valence-corrected chi connectivity index (χ4v) is 4.67. The summed E-state index contributed by atoms with van der Waals surface area (Å²) in [4.78, 5) is 12.3. The molecule has 0 unspecified atom stereocenters. The number of aryl methyl sites for hydroxylation is 2. The molecular weight excluding hydrogens is 352 g/mol. The topological polar surface area (TPSA) is 80.4 Å². The maximum atomic E-state index is 12.3. The molecule has 0 radical (unpaired) electrons. The molecule has 1 heterocycles. The summed E-state index contributed by atoms with van der Waals surface area (Å²) < 4.78 is 5.68. The minimum absolute atomic E-state index is 0.0976. The van der Waals surface area contributed by atoms with Crippen LogP contribution in [0.4, 0.5) is 0 Å². The van der Waals surface area contributed by atoms with Crippen molar-refractivity contribution in [2.75, 3.05) is 0 Å². The zero-order valence-electron chi connectivity index (χ0n) is 17.1. The normalized spacial score (nSPS) is 26.7. The summed E-state index contributed by atoms with van der Waals surface area (Å²) >= 11 is 0. The molecule has 2 fully saturated rings. The number of carbonyl (C=O) groups is 1. The van der Waals surface area contributed by atoms with E-state index in [-0.39, 0.29) is 23.2 Å². The van der Waals surface area contributed by atoms with Crippen LogP contribution in [-0.4, -0.2) is 21.8 Å². The van der Waals surface area contributed by atoms with Crippen LogP contribution in [0.25, 0.3) is 11.5 Å². The van der Waals surface area contributed by atoms with Crippen LogP contribution in [0.5, 0.6) is 0 Å². The van der Waals surface area contributed by atoms with Gasteiger partial charge in [-0.1, -0.05) is 38.5 Å². The molecule has 2 atom stereocenters. The van der Waals surface area contributed by atoms with Gasteiger partial charge in [-0.2, -0.15) is 5.10 Å². The van der Waals surface area contributed by atoms with Gasteiger partial charge in [0.1, 0.15) is 0 Å². The van der Waals surface area contributed by atoms with E-state index in [9.17, 15) is 4.79 Å². The van der Waals surface area contributed by atoms with Gasteiger partial charge in [0.05, 0.1) is 0 Å². The van der Waals surface area contributed by atoms with E-state index in [1.165, 1.54) is 12.0 Å². The summed E-state index contributed by atoms with van der Waals surface area (Å²) in [6.45, 7) is 8.98. The molecule has 2 aromatic rings. The number of hydrogen-bond acceptors (Lipinski definition) is 5. The molecule has 28 heavy (non-hydrogen) atoms. The molecule has 2 saturated carbocycles. The zero-order chi connectivity index (χ0) is 19.9. The number of aromatic nitrogens is 2. The number of amides is 1. The number of carbonyl (C=O) groups excluding carboxylic acids is 1. The lowest BCUT2D eigenvalue weighted by Crippen LogP contribution is -2.34. The molecule has 1 aromatic heterocycles. The van der Waals surface area contributed by atoms with E-state index in [1.54, 1.807) is 0 Å². The molecule has 1 N–H and O–H groups in total. The van der Waals surface area contributed by atoms with Crippen LogP contribution in [0.2, 0.25) is 0 Å². The molecule has 6 heteroatoms. The van der Waals surface area contributed by atoms with E-state index in [2.05, 4.69) is 41.5 Å². The quantitative estimate of drug-likeness (QED) is 0.785. The molecule has 0 spiro atoms. The summed E-state index contributed by atoms with van der Waals surface area (Å²) in [5, 5.41) is 12.6. The molecule has 0 saturated heterocycles. The standard InChI is InChI=1S/C22H28N4O2/c1-14-5-7-15(8-6-14)20-26-25-19(28-20)10-9-18(27)24-23-17-13-16-11-12-22(17,4)21(16,2)3/h5-8,16H,9-13H2,1-4H3,(H,24,27)/b23-17-/t16-,22+/m0/s1. The maximum absolute atomic E-state index is 12.3. The summed E-state index contributed by atoms with van der Waals surface area (Å²) in [5.74, 6) is 1.50. The van der Waals surface area contributed by atoms with Crippen molar-refractivity contribution in [2.24, 2.45) is 21.8 Å². The van der Waals surface area contributed by atoms with E-state index < -0.39 is 0 Å². The van der Waals surface area contributed by atoms with Crippen molar-refractivity contribution >= 4 is 11.6 Å². The Balaban J connectivity index is 1.33. The smallest absolute Gasteiger partial charge is 0.247 e. The molecule has 6 nitrogen and oxygen atoms in total. The SMILES string of the molecule is Cc1ccc(-c2nnc(CCC(=O)N/N=C3/C[C@@H]4CC[C@@]3(C)C4(C)C)o2)cc1. The van der Waals surface area contributed by atoms with Crippen LogP contribution in [-0.2, 0) is 11.2 Å². The molecular formula is C22H28N4O2. The average Bonchev–Trinajstić information content (AvgIpc) is 3.28. The lowest BCUT2D eigenvalue weighted by molar-refractivity contribution is -0.121. The zero-order valence-corrected chi connectivity index (χ0v) is 17.1. The molecule has 2 bridgehead atoms. The molecule has 2 aliphatic rings. The summed E-state index contributed by atoms with van der Waals surface area (Å²) in [7, 11) is 0. The fraction of sp³-hybridized carbons (Fsp3) is 0.545. The first-order chi connectivity index (χ1) is 13.3. The number of nitrogens with zero attached hydrogens (tertiary/aromatic N) is 3. The second-order valence-electron chi connectivity index (χ2n) is 8.95. The van der Waals surface area contributed by atoms with Crippen LogP contribution in [0, 0.1) is 23.7 Å². The average molecular weight is 380 g/mol. The van der Waals surface area contributed by atoms with Crippen molar-refractivity contribution < 1.29 is 9.21 Å². The molecule has 1 aromatic carbocycles. The largest absolute Gasteiger partial charge is 0.421 e. The van der Waals surface area contributed by atoms with Gasteiger partial charge in [-0.3, -0.25) is 4.79 Å². The van der Waals surface area contributed by atoms with Crippen LogP contribution >= 0.6 is 0 Å². The molecule has 148 valence electrons. The Kier molecular flexibility index (Phi) is 4.60. The molecule has 4 rings (SSSR count). The second-order valence-corrected chi connectivity index (χ2v) is 8.95. The third-order valence-corrected chi connectivity index (χ3v) is 7.16. The number of fused-ring (bicyclic) bond motifs is 2. The molecule has 2 aliphatic carbocycles. The lowest BCUT2D eigenvalue weighted by atomic mass is 9.70. The Bertz CT molecular complexity index is 913. The van der Waals surface area contributed by atoms with Gasteiger partial charge in [0.25, 0.3) is 0 Å². The number of rotatable bonds is 5. The van der Waals surface area contributed by atoms with Crippen molar-refractivity contribution in [2.45, 2.75) is 59.8 Å². The fourth-order valence-electron chi connectivity index (χ4n) is 4.67. The highest BCUT2D eigenvalue weighted by molar-refractivity contribution is 5.95. The van der Waals surface area contributed by atoms with Gasteiger partial charge in [0.2, 0.25) is 17.7 Å². The first-order valence-electron chi connectivity index (χ1n) is 10.0.